The minimum atomic E-state index is -0.182. The van der Waals surface area contributed by atoms with Crippen molar-refractivity contribution in [3.8, 4) is 0 Å². The fourth-order valence-corrected chi connectivity index (χ4v) is 3.43. The topological polar surface area (TPSA) is 21.3 Å². The summed E-state index contributed by atoms with van der Waals surface area (Å²) in [4.78, 5) is 0. The third kappa shape index (κ3) is 3.55. The molecule has 2 saturated carbocycles. The molecule has 2 rings (SSSR count). The van der Waals surface area contributed by atoms with Crippen LogP contribution < -0.4 is 5.32 Å². The molecule has 2 fully saturated rings. The summed E-state index contributed by atoms with van der Waals surface area (Å²) in [6.45, 7) is 16.7. The first-order valence-electron chi connectivity index (χ1n) is 7.64. The van der Waals surface area contributed by atoms with Crippen molar-refractivity contribution in [2.24, 2.45) is 17.8 Å². The molecule has 0 radical (unpaired) electrons. The predicted octanol–water partition coefficient (Wildman–Crippen LogP) is 4.24. The van der Waals surface area contributed by atoms with Gasteiger partial charge in [-0.05, 0) is 64.9 Å². The van der Waals surface area contributed by atoms with Crippen LogP contribution in [0.4, 0.5) is 0 Å². The minimum absolute atomic E-state index is 0.182. The zero-order chi connectivity index (χ0) is 14.2. The van der Waals surface area contributed by atoms with Crippen molar-refractivity contribution >= 4 is 0 Å². The van der Waals surface area contributed by atoms with Crippen LogP contribution in [0.2, 0.25) is 0 Å². The number of hydrogen-bond donors (Lipinski definition) is 1. The highest BCUT2D eigenvalue weighted by Gasteiger charge is 2.49. The zero-order valence-corrected chi connectivity index (χ0v) is 13.0. The average Bonchev–Trinajstić information content (AvgIpc) is 3.05. The SMILES string of the molecule is C=C(NC1C2C[C@H]2CC[C@@H]1C(=C)CC)OC(C)(C)C. The Labute approximate surface area is 118 Å². The fourth-order valence-electron chi connectivity index (χ4n) is 3.43. The largest absolute Gasteiger partial charge is 0.474 e. The first-order valence-corrected chi connectivity index (χ1v) is 7.64. The van der Waals surface area contributed by atoms with Gasteiger partial charge in [-0.3, -0.25) is 0 Å². The average molecular weight is 263 g/mol. The van der Waals surface area contributed by atoms with Crippen molar-refractivity contribution in [1.29, 1.82) is 0 Å². The fraction of sp³-hybridized carbons (Fsp3) is 0.765. The van der Waals surface area contributed by atoms with Crippen LogP contribution in [0.1, 0.15) is 53.4 Å². The highest BCUT2D eigenvalue weighted by atomic mass is 16.5. The van der Waals surface area contributed by atoms with E-state index < -0.39 is 0 Å². The molecular formula is C17H29NO. The highest BCUT2D eigenvalue weighted by molar-refractivity contribution is 5.14. The van der Waals surface area contributed by atoms with Crippen LogP contribution in [0.5, 0.6) is 0 Å². The Kier molecular flexibility index (Phi) is 3.98. The van der Waals surface area contributed by atoms with E-state index in [0.717, 1.165) is 24.1 Å². The number of rotatable bonds is 5. The van der Waals surface area contributed by atoms with Gasteiger partial charge in [-0.25, -0.2) is 0 Å². The summed E-state index contributed by atoms with van der Waals surface area (Å²) in [7, 11) is 0. The van der Waals surface area contributed by atoms with E-state index in [1.807, 2.05) is 0 Å². The summed E-state index contributed by atoms with van der Waals surface area (Å²) in [5, 5.41) is 3.55. The molecule has 0 amide bonds. The second-order valence-electron chi connectivity index (χ2n) is 7.16. The van der Waals surface area contributed by atoms with Gasteiger partial charge in [0.15, 0.2) is 5.88 Å². The molecule has 108 valence electrons. The lowest BCUT2D eigenvalue weighted by molar-refractivity contribution is 0.0340. The maximum absolute atomic E-state index is 5.83. The van der Waals surface area contributed by atoms with Crippen molar-refractivity contribution in [3.63, 3.8) is 0 Å². The number of ether oxygens (including phenoxy) is 1. The smallest absolute Gasteiger partial charge is 0.180 e. The monoisotopic (exact) mass is 263 g/mol. The van der Waals surface area contributed by atoms with Gasteiger partial charge in [0.25, 0.3) is 0 Å². The Bertz CT molecular complexity index is 366. The van der Waals surface area contributed by atoms with Crippen LogP contribution in [0.25, 0.3) is 0 Å². The highest BCUT2D eigenvalue weighted by Crippen LogP contribution is 2.53. The third-order valence-corrected chi connectivity index (χ3v) is 4.46. The molecule has 0 aliphatic heterocycles. The molecule has 2 nitrogen and oxygen atoms in total. The maximum Gasteiger partial charge on any atom is 0.180 e. The second-order valence-corrected chi connectivity index (χ2v) is 7.16. The Morgan fingerprint density at radius 3 is 2.53 bits per heavy atom. The van der Waals surface area contributed by atoms with E-state index in [9.17, 15) is 0 Å². The van der Waals surface area contributed by atoms with Crippen LogP contribution in [0.3, 0.4) is 0 Å². The quantitative estimate of drug-likeness (QED) is 0.591. The van der Waals surface area contributed by atoms with Gasteiger partial charge in [0, 0.05) is 12.0 Å². The molecule has 0 bridgehead atoms. The van der Waals surface area contributed by atoms with Crippen molar-refractivity contribution < 1.29 is 4.74 Å². The molecule has 0 aromatic carbocycles. The summed E-state index contributed by atoms with van der Waals surface area (Å²) >= 11 is 0. The number of nitrogens with one attached hydrogen (secondary N) is 1. The molecule has 0 spiro atoms. The summed E-state index contributed by atoms with van der Waals surface area (Å²) in [6.07, 6.45) is 5.09. The molecule has 1 N–H and O–H groups in total. The van der Waals surface area contributed by atoms with Gasteiger partial charge in [-0.15, -0.1) is 0 Å². The Balaban J connectivity index is 1.99. The lowest BCUT2D eigenvalue weighted by Crippen LogP contribution is -2.42. The van der Waals surface area contributed by atoms with Gasteiger partial charge in [0.05, 0.1) is 0 Å². The minimum Gasteiger partial charge on any atom is -0.474 e. The molecule has 0 heterocycles. The van der Waals surface area contributed by atoms with Crippen molar-refractivity contribution in [2.75, 3.05) is 0 Å². The Morgan fingerprint density at radius 1 is 1.26 bits per heavy atom. The van der Waals surface area contributed by atoms with E-state index in [4.69, 9.17) is 4.74 Å². The van der Waals surface area contributed by atoms with Crippen molar-refractivity contribution in [2.45, 2.75) is 65.0 Å². The summed E-state index contributed by atoms with van der Waals surface area (Å²) in [5.74, 6) is 3.05. The normalized spacial score (nSPS) is 33.3. The van der Waals surface area contributed by atoms with Gasteiger partial charge < -0.3 is 10.1 Å². The molecule has 4 atom stereocenters. The van der Waals surface area contributed by atoms with Gasteiger partial charge >= 0.3 is 0 Å². The van der Waals surface area contributed by atoms with E-state index >= 15 is 0 Å². The number of fused-ring (bicyclic) bond motifs is 1. The van der Waals surface area contributed by atoms with E-state index in [1.54, 1.807) is 0 Å². The number of hydrogen-bond acceptors (Lipinski definition) is 2. The van der Waals surface area contributed by atoms with Crippen LogP contribution in [0.15, 0.2) is 24.6 Å². The summed E-state index contributed by atoms with van der Waals surface area (Å²) < 4.78 is 5.83. The molecule has 2 heteroatoms. The zero-order valence-electron chi connectivity index (χ0n) is 13.0. The Hall–Kier alpha value is -0.920. The van der Waals surface area contributed by atoms with Crippen LogP contribution in [0, 0.1) is 17.8 Å². The molecule has 0 saturated heterocycles. The van der Waals surface area contributed by atoms with E-state index in [2.05, 4.69) is 46.2 Å². The molecule has 19 heavy (non-hydrogen) atoms. The predicted molar refractivity (Wildman–Crippen MR) is 80.7 cm³/mol. The van der Waals surface area contributed by atoms with Gasteiger partial charge in [0.2, 0.25) is 0 Å². The third-order valence-electron chi connectivity index (χ3n) is 4.46. The standard InChI is InChI=1S/C17H29NO/c1-7-11(2)14-9-8-13-10-15(13)16(14)18-12(3)19-17(4,5)6/h13-16,18H,2-3,7-10H2,1,4-6H3/t13-,14-,15?,16?/m1/s1. The Morgan fingerprint density at radius 2 is 1.95 bits per heavy atom. The van der Waals surface area contributed by atoms with E-state index in [1.165, 1.54) is 24.8 Å². The van der Waals surface area contributed by atoms with Crippen molar-refractivity contribution in [1.82, 2.24) is 5.32 Å². The first-order chi connectivity index (χ1) is 8.81. The van der Waals surface area contributed by atoms with Crippen LogP contribution in [-0.4, -0.2) is 11.6 Å². The van der Waals surface area contributed by atoms with Gasteiger partial charge in [-0.1, -0.05) is 19.1 Å². The summed E-state index contributed by atoms with van der Waals surface area (Å²) in [6, 6.07) is 0.487. The van der Waals surface area contributed by atoms with Crippen LogP contribution >= 0.6 is 0 Å². The lowest BCUT2D eigenvalue weighted by Gasteiger charge is -2.35. The van der Waals surface area contributed by atoms with E-state index in [0.29, 0.717) is 12.0 Å². The van der Waals surface area contributed by atoms with Gasteiger partial charge in [0.1, 0.15) is 5.60 Å². The molecule has 2 unspecified atom stereocenters. The van der Waals surface area contributed by atoms with E-state index in [-0.39, 0.29) is 5.60 Å². The van der Waals surface area contributed by atoms with Crippen molar-refractivity contribution in [3.05, 3.63) is 24.6 Å². The molecule has 0 aromatic heterocycles. The first kappa shape index (κ1) is 14.5. The molecule has 0 aromatic rings. The molecule has 2 aliphatic rings. The summed E-state index contributed by atoms with van der Waals surface area (Å²) in [5.41, 5.74) is 1.20. The maximum atomic E-state index is 5.83. The second kappa shape index (κ2) is 5.22. The van der Waals surface area contributed by atoms with Gasteiger partial charge in [-0.2, -0.15) is 0 Å². The molecular weight excluding hydrogens is 234 g/mol. The molecule has 2 aliphatic carbocycles. The van der Waals surface area contributed by atoms with Crippen LogP contribution in [-0.2, 0) is 4.74 Å². The lowest BCUT2D eigenvalue weighted by atomic mass is 9.79.